The average molecular weight is 438 g/mol. The smallest absolute Gasteiger partial charge is 0.260 e. The number of benzene rings is 2. The van der Waals surface area contributed by atoms with E-state index in [1.54, 1.807) is 30.3 Å². The molecule has 0 saturated carbocycles. The number of carbonyl (C=O) groups is 1. The van der Waals surface area contributed by atoms with Gasteiger partial charge in [-0.2, -0.15) is 5.10 Å². The van der Waals surface area contributed by atoms with Crippen molar-refractivity contribution in [1.29, 1.82) is 0 Å². The van der Waals surface area contributed by atoms with Crippen LogP contribution in [0.4, 0.5) is 5.69 Å². The summed E-state index contributed by atoms with van der Waals surface area (Å²) in [7, 11) is -3.68. The van der Waals surface area contributed by atoms with Gasteiger partial charge in [-0.05, 0) is 53.9 Å². The van der Waals surface area contributed by atoms with E-state index in [9.17, 15) is 13.2 Å². The van der Waals surface area contributed by atoms with E-state index in [-0.39, 0.29) is 0 Å². The molecule has 0 aliphatic carbocycles. The Balaban J connectivity index is 1.96. The van der Waals surface area contributed by atoms with E-state index >= 15 is 0 Å². The highest BCUT2D eigenvalue weighted by atomic mass is 35.5. The fourth-order valence-corrected chi connectivity index (χ4v) is 3.32. The quantitative estimate of drug-likeness (QED) is 0.481. The minimum absolute atomic E-state index is 0.302. The Morgan fingerprint density at radius 2 is 1.93 bits per heavy atom. The molecule has 2 aromatic carbocycles. The Morgan fingerprint density at radius 3 is 2.52 bits per heavy atom. The maximum atomic E-state index is 12.2. The minimum atomic E-state index is -3.68. The third-order valence-electron chi connectivity index (χ3n) is 3.65. The third kappa shape index (κ3) is 7.75. The van der Waals surface area contributed by atoms with Crippen LogP contribution in [0.15, 0.2) is 53.6 Å². The van der Waals surface area contributed by atoms with Gasteiger partial charge in [0, 0.05) is 5.02 Å². The molecule has 0 aliphatic heterocycles. The normalized spacial score (nSPS) is 11.6. The van der Waals surface area contributed by atoms with Gasteiger partial charge in [-0.15, -0.1) is 0 Å². The van der Waals surface area contributed by atoms with E-state index in [4.69, 9.17) is 16.3 Å². The van der Waals surface area contributed by atoms with Crippen LogP contribution in [0.3, 0.4) is 0 Å². The molecule has 0 radical (unpaired) electrons. The van der Waals surface area contributed by atoms with Gasteiger partial charge in [0.1, 0.15) is 12.3 Å². The Hall–Kier alpha value is -2.58. The van der Waals surface area contributed by atoms with E-state index in [1.165, 1.54) is 12.3 Å². The second-order valence-electron chi connectivity index (χ2n) is 6.82. The maximum Gasteiger partial charge on any atom is 0.260 e. The van der Waals surface area contributed by atoms with Crippen LogP contribution in [-0.4, -0.2) is 39.9 Å². The van der Waals surface area contributed by atoms with Crippen LogP contribution in [-0.2, 0) is 14.8 Å². The number of sulfonamides is 1. The van der Waals surface area contributed by atoms with Crippen LogP contribution >= 0.6 is 11.6 Å². The summed E-state index contributed by atoms with van der Waals surface area (Å²) in [6, 6.07) is 13.5. The van der Waals surface area contributed by atoms with Gasteiger partial charge in [0.25, 0.3) is 5.91 Å². The lowest BCUT2D eigenvalue weighted by atomic mass is 10.2. The van der Waals surface area contributed by atoms with Gasteiger partial charge in [-0.25, -0.2) is 13.8 Å². The molecule has 0 spiro atoms. The van der Waals surface area contributed by atoms with Crippen molar-refractivity contribution in [2.24, 2.45) is 11.0 Å². The van der Waals surface area contributed by atoms with E-state index in [2.05, 4.69) is 24.4 Å². The maximum absolute atomic E-state index is 12.2. The molecule has 9 heteroatoms. The molecular formula is C20H24ClN3O4S. The first-order valence-electron chi connectivity index (χ1n) is 8.93. The largest absolute Gasteiger partial charge is 0.493 e. The van der Waals surface area contributed by atoms with Crippen molar-refractivity contribution in [2.75, 3.05) is 23.7 Å². The van der Waals surface area contributed by atoms with Gasteiger partial charge in [0.05, 0.1) is 24.8 Å². The number of hydrogen-bond acceptors (Lipinski definition) is 5. The molecule has 156 valence electrons. The van der Waals surface area contributed by atoms with Gasteiger partial charge in [-0.3, -0.25) is 9.10 Å². The second-order valence-corrected chi connectivity index (χ2v) is 9.16. The highest BCUT2D eigenvalue weighted by Gasteiger charge is 2.20. The molecule has 29 heavy (non-hydrogen) atoms. The second kappa shape index (κ2) is 10.3. The molecule has 7 nitrogen and oxygen atoms in total. The molecule has 1 N–H and O–H groups in total. The van der Waals surface area contributed by atoms with Crippen LogP contribution in [0.1, 0.15) is 19.4 Å². The number of rotatable bonds is 9. The Bertz CT molecular complexity index is 960. The zero-order valence-corrected chi connectivity index (χ0v) is 18.1. The summed E-state index contributed by atoms with van der Waals surface area (Å²) < 4.78 is 30.7. The highest BCUT2D eigenvalue weighted by molar-refractivity contribution is 7.92. The summed E-state index contributed by atoms with van der Waals surface area (Å²) in [5.41, 5.74) is 3.40. The Labute approximate surface area is 176 Å². The molecule has 2 rings (SSSR count). The lowest BCUT2D eigenvalue weighted by Gasteiger charge is -2.21. The first-order valence-corrected chi connectivity index (χ1v) is 11.2. The highest BCUT2D eigenvalue weighted by Crippen LogP contribution is 2.21. The van der Waals surface area contributed by atoms with Crippen molar-refractivity contribution in [3.8, 4) is 5.75 Å². The number of nitrogens with one attached hydrogen (secondary N) is 1. The Kier molecular flexibility index (Phi) is 8.04. The molecule has 0 saturated heterocycles. The predicted molar refractivity (Wildman–Crippen MR) is 116 cm³/mol. The summed E-state index contributed by atoms with van der Waals surface area (Å²) in [4.78, 5) is 12.2. The Morgan fingerprint density at radius 1 is 1.24 bits per heavy atom. The van der Waals surface area contributed by atoms with E-state index in [1.807, 2.05) is 12.1 Å². The van der Waals surface area contributed by atoms with Crippen LogP contribution in [0.2, 0.25) is 5.02 Å². The summed E-state index contributed by atoms with van der Waals surface area (Å²) >= 11 is 5.92. The number of hydrogen-bond donors (Lipinski definition) is 1. The van der Waals surface area contributed by atoms with E-state index in [0.29, 0.717) is 23.2 Å². The van der Waals surface area contributed by atoms with Crippen LogP contribution in [0.25, 0.3) is 0 Å². The van der Waals surface area contributed by atoms with Crippen molar-refractivity contribution in [3.05, 3.63) is 59.1 Å². The molecule has 0 unspecified atom stereocenters. The number of amides is 1. The molecule has 2 aromatic rings. The molecule has 0 aromatic heterocycles. The molecule has 1 amide bonds. The average Bonchev–Trinajstić information content (AvgIpc) is 2.64. The van der Waals surface area contributed by atoms with Gasteiger partial charge >= 0.3 is 0 Å². The summed E-state index contributed by atoms with van der Waals surface area (Å²) in [5, 5.41) is 4.25. The predicted octanol–water partition coefficient (Wildman–Crippen LogP) is 3.29. The number of nitrogens with zero attached hydrogens (tertiary/aromatic N) is 2. The summed E-state index contributed by atoms with van der Waals surface area (Å²) in [5.74, 6) is 0.610. The van der Waals surface area contributed by atoms with Gasteiger partial charge in [-0.1, -0.05) is 31.5 Å². The molecule has 0 fully saturated rings. The fourth-order valence-electron chi connectivity index (χ4n) is 2.29. The molecular weight excluding hydrogens is 414 g/mol. The number of hydrazone groups is 1. The van der Waals surface area contributed by atoms with Crippen LogP contribution in [0.5, 0.6) is 5.75 Å². The number of carbonyl (C=O) groups excluding carboxylic acids is 1. The number of halogens is 1. The summed E-state index contributed by atoms with van der Waals surface area (Å²) in [6.07, 6.45) is 2.49. The SMILES string of the molecule is CC(C)COc1ccc(/C=N\NC(=O)CN(c2cccc(Cl)c2)S(C)(=O)=O)cc1. The molecule has 0 aliphatic rings. The van der Waals surface area contributed by atoms with E-state index in [0.717, 1.165) is 21.9 Å². The topological polar surface area (TPSA) is 88.1 Å². The minimum Gasteiger partial charge on any atom is -0.493 e. The van der Waals surface area contributed by atoms with Gasteiger partial charge in [0.15, 0.2) is 0 Å². The van der Waals surface area contributed by atoms with Gasteiger partial charge < -0.3 is 4.74 Å². The third-order valence-corrected chi connectivity index (χ3v) is 5.03. The molecule has 0 heterocycles. The number of ether oxygens (including phenoxy) is 1. The monoisotopic (exact) mass is 437 g/mol. The standard InChI is InChI=1S/C20H24ClN3O4S/c1-15(2)14-28-19-9-7-16(8-10-19)12-22-23-20(25)13-24(29(3,26)27)18-6-4-5-17(21)11-18/h4-12,15H,13-14H2,1-3H3,(H,23,25)/b22-12-. The number of anilines is 1. The van der Waals surface area contributed by atoms with Crippen molar-refractivity contribution in [3.63, 3.8) is 0 Å². The zero-order valence-electron chi connectivity index (χ0n) is 16.5. The van der Waals surface area contributed by atoms with Crippen molar-refractivity contribution in [1.82, 2.24) is 5.43 Å². The summed E-state index contributed by atoms with van der Waals surface area (Å²) in [6.45, 7) is 4.35. The van der Waals surface area contributed by atoms with Crippen molar-refractivity contribution < 1.29 is 17.9 Å². The zero-order chi connectivity index (χ0) is 21.4. The van der Waals surface area contributed by atoms with E-state index < -0.39 is 22.5 Å². The molecule has 0 atom stereocenters. The van der Waals surface area contributed by atoms with Crippen molar-refractivity contribution in [2.45, 2.75) is 13.8 Å². The lowest BCUT2D eigenvalue weighted by Crippen LogP contribution is -2.39. The lowest BCUT2D eigenvalue weighted by molar-refractivity contribution is -0.119. The fraction of sp³-hybridized carbons (Fsp3) is 0.300. The van der Waals surface area contributed by atoms with Gasteiger partial charge in [0.2, 0.25) is 10.0 Å². The molecule has 0 bridgehead atoms. The van der Waals surface area contributed by atoms with Crippen molar-refractivity contribution >= 4 is 39.4 Å². The van der Waals surface area contributed by atoms with Crippen LogP contribution < -0.4 is 14.5 Å². The van der Waals surface area contributed by atoms with Crippen LogP contribution in [0, 0.1) is 5.92 Å². The first-order chi connectivity index (χ1) is 13.6. The first kappa shape index (κ1) is 22.7.